The number of aromatic carboxylic acids is 1. The van der Waals surface area contributed by atoms with E-state index >= 15 is 0 Å². The summed E-state index contributed by atoms with van der Waals surface area (Å²) in [7, 11) is 0. The lowest BCUT2D eigenvalue weighted by molar-refractivity contribution is -0.122. The fourth-order valence-corrected chi connectivity index (χ4v) is 0.935. The van der Waals surface area contributed by atoms with Crippen molar-refractivity contribution in [2.45, 2.75) is 6.18 Å². The number of rotatable bonds is 3. The van der Waals surface area contributed by atoms with Gasteiger partial charge in [0.05, 0.1) is 5.56 Å². The molecule has 98 valence electrons. The van der Waals surface area contributed by atoms with E-state index in [1.165, 1.54) is 0 Å². The number of hydrogen-bond acceptors (Lipinski definition) is 3. The second kappa shape index (κ2) is 5.34. The molecule has 18 heavy (non-hydrogen) atoms. The number of urea groups is 1. The molecular formula is C9H8F3N3O3. The molecule has 3 N–H and O–H groups in total. The van der Waals surface area contributed by atoms with E-state index in [4.69, 9.17) is 5.11 Å². The van der Waals surface area contributed by atoms with Gasteiger partial charge in [-0.3, -0.25) is 5.32 Å². The van der Waals surface area contributed by atoms with Crippen molar-refractivity contribution in [3.63, 3.8) is 0 Å². The van der Waals surface area contributed by atoms with E-state index < -0.39 is 24.7 Å². The van der Waals surface area contributed by atoms with Crippen LogP contribution in [0.5, 0.6) is 0 Å². The Labute approximate surface area is 98.8 Å². The minimum Gasteiger partial charge on any atom is -0.478 e. The van der Waals surface area contributed by atoms with Crippen LogP contribution in [0.25, 0.3) is 0 Å². The maximum Gasteiger partial charge on any atom is 0.405 e. The number of aromatic nitrogens is 1. The topological polar surface area (TPSA) is 91.3 Å². The smallest absolute Gasteiger partial charge is 0.405 e. The maximum absolute atomic E-state index is 11.8. The number of hydrogen-bond donors (Lipinski definition) is 3. The lowest BCUT2D eigenvalue weighted by Gasteiger charge is -2.09. The number of nitrogens with one attached hydrogen (secondary N) is 2. The number of carboxylic acids is 1. The summed E-state index contributed by atoms with van der Waals surface area (Å²) in [4.78, 5) is 25.0. The van der Waals surface area contributed by atoms with E-state index in [0.717, 1.165) is 18.3 Å². The van der Waals surface area contributed by atoms with Gasteiger partial charge in [-0.05, 0) is 12.1 Å². The largest absolute Gasteiger partial charge is 0.478 e. The summed E-state index contributed by atoms with van der Waals surface area (Å²) >= 11 is 0. The number of anilines is 1. The lowest BCUT2D eigenvalue weighted by Crippen LogP contribution is -2.36. The van der Waals surface area contributed by atoms with E-state index in [1.807, 2.05) is 5.32 Å². The average Bonchev–Trinajstić information content (AvgIpc) is 2.26. The molecule has 2 amide bonds. The zero-order valence-corrected chi connectivity index (χ0v) is 8.78. The molecule has 0 aliphatic heterocycles. The maximum atomic E-state index is 11.8. The van der Waals surface area contributed by atoms with Gasteiger partial charge in [-0.1, -0.05) is 0 Å². The molecule has 1 aromatic rings. The Balaban J connectivity index is 2.52. The second-order valence-electron chi connectivity index (χ2n) is 3.16. The van der Waals surface area contributed by atoms with Gasteiger partial charge in [-0.25, -0.2) is 14.6 Å². The van der Waals surface area contributed by atoms with Crippen LogP contribution in [0.15, 0.2) is 18.3 Å². The SMILES string of the molecule is O=C(NCC(F)(F)F)Nc1ccc(C(=O)O)cn1. The van der Waals surface area contributed by atoms with Gasteiger partial charge in [0.2, 0.25) is 0 Å². The molecule has 0 aliphatic rings. The van der Waals surface area contributed by atoms with E-state index in [2.05, 4.69) is 4.98 Å². The van der Waals surface area contributed by atoms with Gasteiger partial charge >= 0.3 is 18.2 Å². The number of halogens is 3. The number of carbonyl (C=O) groups excluding carboxylic acids is 1. The third-order valence-electron chi connectivity index (χ3n) is 1.70. The van der Waals surface area contributed by atoms with Crippen LogP contribution < -0.4 is 10.6 Å². The number of carboxylic acid groups (broad SMARTS) is 1. The van der Waals surface area contributed by atoms with Gasteiger partial charge in [-0.15, -0.1) is 0 Å². The normalized spacial score (nSPS) is 10.8. The van der Waals surface area contributed by atoms with Crippen LogP contribution in [0, 0.1) is 0 Å². The van der Waals surface area contributed by atoms with Gasteiger partial charge in [0.25, 0.3) is 0 Å². The Morgan fingerprint density at radius 1 is 1.33 bits per heavy atom. The number of alkyl halides is 3. The van der Waals surface area contributed by atoms with Crippen molar-refractivity contribution in [2.24, 2.45) is 0 Å². The van der Waals surface area contributed by atoms with Gasteiger partial charge in [0.15, 0.2) is 0 Å². The molecule has 0 unspecified atom stereocenters. The van der Waals surface area contributed by atoms with E-state index in [-0.39, 0.29) is 11.4 Å². The number of amides is 2. The molecule has 0 radical (unpaired) electrons. The molecule has 1 rings (SSSR count). The second-order valence-corrected chi connectivity index (χ2v) is 3.16. The van der Waals surface area contributed by atoms with E-state index in [0.29, 0.717) is 0 Å². The Bertz CT molecular complexity index is 445. The van der Waals surface area contributed by atoms with Crippen molar-refractivity contribution < 1.29 is 27.9 Å². The first-order valence-electron chi connectivity index (χ1n) is 4.59. The third kappa shape index (κ3) is 4.68. The van der Waals surface area contributed by atoms with Gasteiger partial charge in [0.1, 0.15) is 12.4 Å². The first-order chi connectivity index (χ1) is 8.28. The summed E-state index contributed by atoms with van der Waals surface area (Å²) in [6.45, 7) is -1.47. The first kappa shape index (κ1) is 13.7. The Hall–Kier alpha value is -2.32. The predicted molar refractivity (Wildman–Crippen MR) is 54.3 cm³/mol. The molecule has 0 saturated carbocycles. The zero-order valence-electron chi connectivity index (χ0n) is 8.78. The molecule has 0 bridgehead atoms. The average molecular weight is 263 g/mol. The summed E-state index contributed by atoms with van der Waals surface area (Å²) in [6.07, 6.45) is -3.53. The molecule has 9 heteroatoms. The van der Waals surface area contributed by atoms with Crippen molar-refractivity contribution in [2.75, 3.05) is 11.9 Å². The molecule has 6 nitrogen and oxygen atoms in total. The minimum absolute atomic E-state index is 0.0559. The summed E-state index contributed by atoms with van der Waals surface area (Å²) < 4.78 is 35.3. The van der Waals surface area contributed by atoms with Crippen molar-refractivity contribution in [3.05, 3.63) is 23.9 Å². The van der Waals surface area contributed by atoms with Gasteiger partial charge < -0.3 is 10.4 Å². The number of pyridine rings is 1. The van der Waals surface area contributed by atoms with Crippen LogP contribution in [-0.4, -0.2) is 34.8 Å². The number of nitrogens with zero attached hydrogens (tertiary/aromatic N) is 1. The lowest BCUT2D eigenvalue weighted by atomic mass is 10.3. The molecule has 0 spiro atoms. The Morgan fingerprint density at radius 3 is 2.44 bits per heavy atom. The van der Waals surface area contributed by atoms with Crippen LogP contribution in [0.2, 0.25) is 0 Å². The highest BCUT2D eigenvalue weighted by atomic mass is 19.4. The quantitative estimate of drug-likeness (QED) is 0.770. The summed E-state index contributed by atoms with van der Waals surface area (Å²) in [6, 6.07) is 1.24. The molecule has 1 heterocycles. The standard InChI is InChI=1S/C9H8F3N3O3/c10-9(11,12)4-14-8(18)15-6-2-1-5(3-13-6)7(16)17/h1-3H,4H2,(H,16,17)(H2,13,14,15,18). The Morgan fingerprint density at radius 2 is 2.00 bits per heavy atom. The molecule has 1 aromatic heterocycles. The van der Waals surface area contributed by atoms with E-state index in [9.17, 15) is 22.8 Å². The van der Waals surface area contributed by atoms with Crippen LogP contribution in [0.4, 0.5) is 23.8 Å². The van der Waals surface area contributed by atoms with Crippen LogP contribution >= 0.6 is 0 Å². The Kier molecular flexibility index (Phi) is 4.08. The van der Waals surface area contributed by atoms with Crippen molar-refractivity contribution in [3.8, 4) is 0 Å². The van der Waals surface area contributed by atoms with Gasteiger partial charge in [-0.2, -0.15) is 13.2 Å². The summed E-state index contributed by atoms with van der Waals surface area (Å²) in [5.41, 5.74) is -0.101. The molecule has 0 fully saturated rings. The van der Waals surface area contributed by atoms with Crippen LogP contribution in [0.3, 0.4) is 0 Å². The fourth-order valence-electron chi connectivity index (χ4n) is 0.935. The molecule has 0 aliphatic carbocycles. The fraction of sp³-hybridized carbons (Fsp3) is 0.222. The summed E-state index contributed by atoms with van der Waals surface area (Å²) in [5, 5.41) is 12.2. The molecular weight excluding hydrogens is 255 g/mol. The highest BCUT2D eigenvalue weighted by Crippen LogP contribution is 2.12. The number of carbonyl (C=O) groups is 2. The van der Waals surface area contributed by atoms with E-state index in [1.54, 1.807) is 5.32 Å². The summed E-state index contributed by atoms with van der Waals surface area (Å²) in [5.74, 6) is -1.25. The first-order valence-corrected chi connectivity index (χ1v) is 4.59. The monoisotopic (exact) mass is 263 g/mol. The minimum atomic E-state index is -4.50. The highest BCUT2D eigenvalue weighted by Gasteiger charge is 2.27. The molecule has 0 atom stereocenters. The molecule has 0 aromatic carbocycles. The van der Waals surface area contributed by atoms with Gasteiger partial charge in [0, 0.05) is 6.20 Å². The van der Waals surface area contributed by atoms with Crippen molar-refractivity contribution >= 4 is 17.8 Å². The van der Waals surface area contributed by atoms with Crippen molar-refractivity contribution in [1.82, 2.24) is 10.3 Å². The molecule has 0 saturated heterocycles. The highest BCUT2D eigenvalue weighted by molar-refractivity contribution is 5.90. The van der Waals surface area contributed by atoms with Crippen molar-refractivity contribution in [1.29, 1.82) is 0 Å². The third-order valence-corrected chi connectivity index (χ3v) is 1.70. The predicted octanol–water partition coefficient (Wildman–Crippen LogP) is 1.46. The zero-order chi connectivity index (χ0) is 13.8. The van der Waals surface area contributed by atoms with Crippen LogP contribution in [0.1, 0.15) is 10.4 Å². The van der Waals surface area contributed by atoms with Crippen LogP contribution in [-0.2, 0) is 0 Å².